The number of likely N-dealkylation sites (tertiary alicyclic amines) is 2. The van der Waals surface area contributed by atoms with Crippen LogP contribution in [-0.2, 0) is 30.3 Å². The number of para-hydroxylation sites is 2. The fourth-order valence-corrected chi connectivity index (χ4v) is 11.6. The number of esters is 2. The molecule has 2 aromatic carbocycles. The Morgan fingerprint density at radius 3 is 1.17 bits per heavy atom. The highest BCUT2D eigenvalue weighted by Gasteiger charge is 2.48. The minimum Gasteiger partial charge on any atom is -1.00 e. The van der Waals surface area contributed by atoms with Crippen molar-refractivity contribution in [2.45, 2.75) is 49.1 Å². The molecule has 2 saturated heterocycles. The molecule has 0 radical (unpaired) electrons. The molecule has 2 aliphatic heterocycles. The molecule has 16 heteroatoms. The smallest absolute Gasteiger partial charge is 0.349 e. The van der Waals surface area contributed by atoms with Gasteiger partial charge in [0, 0.05) is 25.7 Å². The highest BCUT2D eigenvalue weighted by atomic mass is 79.9. The molecule has 0 amide bonds. The first kappa shape index (κ1) is 51.6. The van der Waals surface area contributed by atoms with Crippen LogP contribution < -0.4 is 43.4 Å². The molecule has 0 spiro atoms. The molecule has 2 aliphatic rings. The van der Waals surface area contributed by atoms with Gasteiger partial charge in [0.05, 0.1) is 73.0 Å². The topological polar surface area (TPSA) is 112 Å². The lowest BCUT2D eigenvalue weighted by atomic mass is 10.00. The van der Waals surface area contributed by atoms with E-state index in [0.29, 0.717) is 32.7 Å². The fourth-order valence-electron chi connectivity index (χ4n) is 8.22. The van der Waals surface area contributed by atoms with Gasteiger partial charge in [-0.3, -0.25) is 0 Å². The number of carbonyl (C=O) groups excluding carboxylic acids is 2. The van der Waals surface area contributed by atoms with Crippen LogP contribution in [0.2, 0.25) is 0 Å². The summed E-state index contributed by atoms with van der Waals surface area (Å²) in [5, 5.41) is 30.2. The highest BCUT2D eigenvalue weighted by molar-refractivity contribution is 7.12. The van der Waals surface area contributed by atoms with Crippen molar-refractivity contribution in [1.29, 1.82) is 0 Å². The number of thiophene rings is 4. The summed E-state index contributed by atoms with van der Waals surface area (Å²) in [5.41, 5.74) is -3.48. The van der Waals surface area contributed by atoms with Gasteiger partial charge in [0.15, 0.2) is 12.2 Å². The number of carbonyl (C=O) groups is 2. The number of likely N-dealkylation sites (N-methyl/N-ethyl adjacent to an activating group) is 2. The van der Waals surface area contributed by atoms with Gasteiger partial charge in [-0.1, -0.05) is 60.7 Å². The lowest BCUT2D eigenvalue weighted by molar-refractivity contribution is -0.899. The van der Waals surface area contributed by atoms with Gasteiger partial charge < -0.3 is 72.1 Å². The van der Waals surface area contributed by atoms with Crippen molar-refractivity contribution < 1.29 is 81.7 Å². The predicted molar refractivity (Wildman–Crippen MR) is 247 cm³/mol. The Morgan fingerprint density at radius 1 is 0.547 bits per heavy atom. The molecule has 6 heterocycles. The van der Waals surface area contributed by atoms with Crippen LogP contribution in [0.15, 0.2) is 131 Å². The molecule has 0 aliphatic carbocycles. The van der Waals surface area contributed by atoms with Crippen LogP contribution in [0.3, 0.4) is 0 Å². The summed E-state index contributed by atoms with van der Waals surface area (Å²) >= 11 is 5.46. The van der Waals surface area contributed by atoms with Crippen LogP contribution in [0.4, 0.5) is 0 Å². The Labute approximate surface area is 413 Å². The van der Waals surface area contributed by atoms with Gasteiger partial charge in [0.25, 0.3) is 0 Å². The Bertz CT molecular complexity index is 2020. The van der Waals surface area contributed by atoms with E-state index in [1.165, 1.54) is 45.3 Å². The average molecular weight is 1080 g/mol. The molecule has 8 rings (SSSR count). The molecule has 0 bridgehead atoms. The van der Waals surface area contributed by atoms with Gasteiger partial charge in [-0.25, -0.2) is 9.59 Å². The average Bonchev–Trinajstić information content (AvgIpc) is 4.14. The number of hydrogen-bond acceptors (Lipinski definition) is 12. The van der Waals surface area contributed by atoms with Crippen molar-refractivity contribution >= 4 is 57.3 Å². The standard InChI is InChI=1S/2C24H28NO4S2.2BrH/c2*1-25(13-7-15-28-19-8-3-2-4-9-19)14-12-20(18-25)29-23(26)24(27,21-10-5-16-30-21)22-11-6-17-31-22;;/h2*2-6,8-11,16-17,20,27H,7,12-15,18H2,1H3;2*1H/q2*+1;;/p-2/t2*20-,25?;;/m00../s1. The number of ether oxygens (including phenoxy) is 4. The van der Waals surface area contributed by atoms with Gasteiger partial charge in [-0.05, 0) is 70.1 Å². The first-order chi connectivity index (χ1) is 30.0. The molecule has 2 fully saturated rings. The second-order valence-electron chi connectivity index (χ2n) is 16.5. The Balaban J connectivity index is 0.000000234. The maximum Gasteiger partial charge on any atom is 0.349 e. The Morgan fingerprint density at radius 2 is 0.875 bits per heavy atom. The van der Waals surface area contributed by atoms with Gasteiger partial charge in [0.1, 0.15) is 24.6 Å². The maximum absolute atomic E-state index is 13.2. The van der Waals surface area contributed by atoms with Gasteiger partial charge in [0.2, 0.25) is 11.2 Å². The Hall–Kier alpha value is -3.42. The van der Waals surface area contributed by atoms with Crippen molar-refractivity contribution in [3.8, 4) is 11.5 Å². The lowest BCUT2D eigenvalue weighted by Gasteiger charge is -2.30. The number of halogens is 2. The van der Waals surface area contributed by atoms with Crippen molar-refractivity contribution in [1.82, 2.24) is 0 Å². The lowest BCUT2D eigenvalue weighted by Crippen LogP contribution is -3.00. The number of rotatable bonds is 18. The molecule has 6 aromatic rings. The summed E-state index contributed by atoms with van der Waals surface area (Å²) in [6.45, 7) is 6.64. The number of nitrogens with zero attached hydrogens (tertiary/aromatic N) is 2. The quantitative estimate of drug-likeness (QED) is 0.0769. The molecule has 344 valence electrons. The third kappa shape index (κ3) is 12.9. The molecule has 2 N–H and O–H groups in total. The van der Waals surface area contributed by atoms with E-state index in [9.17, 15) is 19.8 Å². The van der Waals surface area contributed by atoms with Crippen molar-refractivity contribution in [3.05, 3.63) is 150 Å². The zero-order chi connectivity index (χ0) is 43.5. The summed E-state index contributed by atoms with van der Waals surface area (Å²) in [7, 11) is 4.39. The number of quaternary nitrogens is 2. The van der Waals surface area contributed by atoms with E-state index in [4.69, 9.17) is 18.9 Å². The summed E-state index contributed by atoms with van der Waals surface area (Å²) in [6.07, 6.45) is 3.07. The zero-order valence-electron chi connectivity index (χ0n) is 36.0. The van der Waals surface area contributed by atoms with Crippen LogP contribution in [0.1, 0.15) is 45.2 Å². The highest BCUT2D eigenvalue weighted by Crippen LogP contribution is 2.39. The Kier molecular flexibility index (Phi) is 19.2. The van der Waals surface area contributed by atoms with Crippen LogP contribution in [-0.4, -0.2) is 110 Å². The predicted octanol–water partition coefficient (Wildman–Crippen LogP) is 2.56. The molecule has 0 saturated carbocycles. The van der Waals surface area contributed by atoms with Gasteiger partial charge in [-0.15, -0.1) is 45.3 Å². The molecular weight excluding hydrogens is 1020 g/mol. The largest absolute Gasteiger partial charge is 1.00 e. The van der Waals surface area contributed by atoms with Crippen LogP contribution >= 0.6 is 45.3 Å². The van der Waals surface area contributed by atoms with Crippen LogP contribution in [0.25, 0.3) is 0 Å². The second kappa shape index (κ2) is 23.9. The third-order valence-corrected chi connectivity index (χ3v) is 15.5. The number of benzene rings is 2. The van der Waals surface area contributed by atoms with Crippen LogP contribution in [0, 0.1) is 0 Å². The molecule has 64 heavy (non-hydrogen) atoms. The molecular formula is C48H56Br2N2O8S4. The monoisotopic (exact) mass is 1070 g/mol. The molecule has 4 atom stereocenters. The first-order valence-corrected chi connectivity index (χ1v) is 24.6. The summed E-state index contributed by atoms with van der Waals surface area (Å²) < 4.78 is 25.0. The van der Waals surface area contributed by atoms with Crippen molar-refractivity contribution in [3.63, 3.8) is 0 Å². The summed E-state index contributed by atoms with van der Waals surface area (Å²) in [6, 6.07) is 34.2. The van der Waals surface area contributed by atoms with Crippen molar-refractivity contribution in [2.75, 3.05) is 66.6 Å². The molecule has 10 nitrogen and oxygen atoms in total. The van der Waals surface area contributed by atoms with E-state index in [2.05, 4.69) is 14.1 Å². The minimum absolute atomic E-state index is 0. The van der Waals surface area contributed by atoms with E-state index in [0.717, 1.165) is 85.4 Å². The van der Waals surface area contributed by atoms with E-state index in [1.807, 2.05) is 106 Å². The molecule has 4 aromatic heterocycles. The van der Waals surface area contributed by atoms with E-state index >= 15 is 0 Å². The van der Waals surface area contributed by atoms with Crippen molar-refractivity contribution in [2.24, 2.45) is 0 Å². The number of aliphatic hydroxyl groups is 2. The van der Waals surface area contributed by atoms with Crippen LogP contribution in [0.5, 0.6) is 11.5 Å². The normalized spacial score (nSPS) is 20.5. The third-order valence-electron chi connectivity index (χ3n) is 11.6. The second-order valence-corrected chi connectivity index (χ2v) is 20.3. The molecule has 2 unspecified atom stereocenters. The fraction of sp³-hybridized carbons (Fsp3) is 0.375. The van der Waals surface area contributed by atoms with Gasteiger partial charge >= 0.3 is 11.9 Å². The number of hydrogen-bond donors (Lipinski definition) is 2. The SMILES string of the molecule is C[N+]1(CCCOc2ccccc2)CC[C@H](OC(=O)C(O)(c2cccs2)c2cccs2)C1.C[N+]1(CCCOc2ccccc2)CC[C@H](OC(=O)C(O)(c2cccs2)c2cccs2)C1.[Br-].[Br-]. The summed E-state index contributed by atoms with van der Waals surface area (Å²) in [4.78, 5) is 28.7. The zero-order valence-corrected chi connectivity index (χ0v) is 42.4. The maximum atomic E-state index is 13.2. The minimum atomic E-state index is -1.74. The van der Waals surface area contributed by atoms with Gasteiger partial charge in [-0.2, -0.15) is 0 Å². The first-order valence-electron chi connectivity index (χ1n) is 21.0. The van der Waals surface area contributed by atoms with E-state index in [1.54, 1.807) is 24.3 Å². The van der Waals surface area contributed by atoms with E-state index in [-0.39, 0.29) is 46.2 Å². The van der Waals surface area contributed by atoms with E-state index < -0.39 is 23.1 Å². The summed E-state index contributed by atoms with van der Waals surface area (Å²) in [5.74, 6) is 0.617.